The summed E-state index contributed by atoms with van der Waals surface area (Å²) in [6, 6.07) is 13.0. The van der Waals surface area contributed by atoms with Crippen LogP contribution in [-0.2, 0) is 0 Å². The first kappa shape index (κ1) is 12.5. The quantitative estimate of drug-likeness (QED) is 0.747. The molecule has 3 nitrogen and oxygen atoms in total. The molecule has 2 aromatic carbocycles. The molecule has 1 heterocycles. The Kier molecular flexibility index (Phi) is 2.83. The third-order valence-electron chi connectivity index (χ3n) is 3.49. The van der Waals surface area contributed by atoms with E-state index < -0.39 is 5.97 Å². The van der Waals surface area contributed by atoms with Gasteiger partial charge in [0, 0.05) is 10.9 Å². The summed E-state index contributed by atoms with van der Waals surface area (Å²) < 4.78 is 5.91. The third kappa shape index (κ3) is 1.97. The molecule has 0 radical (unpaired) electrons. The van der Waals surface area contributed by atoms with Gasteiger partial charge in [-0.25, -0.2) is 4.79 Å². The number of fused-ring (bicyclic) bond motifs is 1. The van der Waals surface area contributed by atoms with E-state index in [1.54, 1.807) is 18.2 Å². The van der Waals surface area contributed by atoms with E-state index in [-0.39, 0.29) is 5.56 Å². The minimum atomic E-state index is -0.932. The lowest BCUT2D eigenvalue weighted by Crippen LogP contribution is -1.96. The molecule has 0 unspecified atom stereocenters. The Bertz CT molecular complexity index is 812. The maximum absolute atomic E-state index is 11.1. The molecular weight excluding hydrogens is 252 g/mol. The van der Waals surface area contributed by atoms with Crippen molar-refractivity contribution in [3.8, 4) is 11.3 Å². The van der Waals surface area contributed by atoms with Crippen molar-refractivity contribution in [1.29, 1.82) is 0 Å². The van der Waals surface area contributed by atoms with Crippen molar-refractivity contribution in [2.45, 2.75) is 13.8 Å². The first-order valence-corrected chi connectivity index (χ1v) is 6.40. The molecule has 0 fully saturated rings. The first-order valence-electron chi connectivity index (χ1n) is 6.40. The van der Waals surface area contributed by atoms with E-state index in [1.165, 1.54) is 0 Å². The second-order valence-electron chi connectivity index (χ2n) is 4.94. The average Bonchev–Trinajstić information content (AvgIpc) is 2.84. The summed E-state index contributed by atoms with van der Waals surface area (Å²) in [4.78, 5) is 11.1. The highest BCUT2D eigenvalue weighted by atomic mass is 16.4. The Morgan fingerprint density at radius 2 is 1.85 bits per heavy atom. The fourth-order valence-electron chi connectivity index (χ4n) is 2.36. The van der Waals surface area contributed by atoms with Gasteiger partial charge < -0.3 is 9.52 Å². The molecule has 0 atom stereocenters. The fourth-order valence-corrected chi connectivity index (χ4v) is 2.36. The van der Waals surface area contributed by atoms with Crippen molar-refractivity contribution < 1.29 is 14.3 Å². The Morgan fingerprint density at radius 1 is 1.05 bits per heavy atom. The van der Waals surface area contributed by atoms with E-state index in [9.17, 15) is 4.79 Å². The van der Waals surface area contributed by atoms with Crippen LogP contribution in [0.1, 0.15) is 21.5 Å². The first-order chi connectivity index (χ1) is 9.56. The molecule has 0 spiro atoms. The molecule has 1 aromatic heterocycles. The second-order valence-corrected chi connectivity index (χ2v) is 4.94. The highest BCUT2D eigenvalue weighted by molar-refractivity contribution is 5.91. The molecule has 0 bridgehead atoms. The Labute approximate surface area is 116 Å². The SMILES string of the molecule is Cc1ccc(C(=O)O)cc1-c1cc2cccc(C)c2o1. The molecule has 0 aliphatic heterocycles. The van der Waals surface area contributed by atoms with Gasteiger partial charge in [-0.15, -0.1) is 0 Å². The standard InChI is InChI=1S/C17H14O3/c1-10-6-7-13(17(18)19)8-14(10)15-9-12-5-3-4-11(2)16(12)20-15/h3-9H,1-2H3,(H,18,19). The Morgan fingerprint density at radius 3 is 2.55 bits per heavy atom. The highest BCUT2D eigenvalue weighted by Crippen LogP contribution is 2.32. The van der Waals surface area contributed by atoms with Crippen LogP contribution in [-0.4, -0.2) is 11.1 Å². The normalized spacial score (nSPS) is 10.9. The number of furan rings is 1. The van der Waals surface area contributed by atoms with E-state index in [1.807, 2.05) is 38.1 Å². The van der Waals surface area contributed by atoms with Crippen LogP contribution in [0.5, 0.6) is 0 Å². The molecule has 0 aliphatic rings. The van der Waals surface area contributed by atoms with E-state index in [0.717, 1.165) is 27.7 Å². The number of aromatic carboxylic acids is 1. The zero-order valence-corrected chi connectivity index (χ0v) is 11.3. The van der Waals surface area contributed by atoms with Crippen molar-refractivity contribution in [1.82, 2.24) is 0 Å². The summed E-state index contributed by atoms with van der Waals surface area (Å²) in [6.45, 7) is 3.94. The maximum Gasteiger partial charge on any atom is 0.335 e. The van der Waals surface area contributed by atoms with Gasteiger partial charge in [-0.05, 0) is 43.2 Å². The largest absolute Gasteiger partial charge is 0.478 e. The van der Waals surface area contributed by atoms with Crippen molar-refractivity contribution in [3.05, 3.63) is 59.2 Å². The number of rotatable bonds is 2. The lowest BCUT2D eigenvalue weighted by molar-refractivity contribution is 0.0697. The Balaban J connectivity index is 2.22. The van der Waals surface area contributed by atoms with Gasteiger partial charge in [0.05, 0.1) is 5.56 Å². The molecular formula is C17H14O3. The van der Waals surface area contributed by atoms with Crippen LogP contribution in [0.2, 0.25) is 0 Å². The maximum atomic E-state index is 11.1. The molecule has 0 saturated carbocycles. The van der Waals surface area contributed by atoms with Crippen LogP contribution in [0.25, 0.3) is 22.3 Å². The molecule has 100 valence electrons. The predicted molar refractivity (Wildman–Crippen MR) is 78.1 cm³/mol. The molecule has 0 amide bonds. The second kappa shape index (κ2) is 4.53. The average molecular weight is 266 g/mol. The number of hydrogen-bond donors (Lipinski definition) is 1. The van der Waals surface area contributed by atoms with Crippen molar-refractivity contribution in [2.24, 2.45) is 0 Å². The third-order valence-corrected chi connectivity index (χ3v) is 3.49. The van der Waals surface area contributed by atoms with Gasteiger partial charge in [0.15, 0.2) is 0 Å². The molecule has 3 heteroatoms. The summed E-state index contributed by atoms with van der Waals surface area (Å²) in [5.41, 5.74) is 4.00. The van der Waals surface area contributed by atoms with Gasteiger partial charge in [0.1, 0.15) is 11.3 Å². The number of aryl methyl sites for hydroxylation is 2. The zero-order chi connectivity index (χ0) is 14.3. The lowest BCUT2D eigenvalue weighted by Gasteiger charge is -2.04. The van der Waals surface area contributed by atoms with Crippen LogP contribution in [0.15, 0.2) is 46.9 Å². The number of carboxylic acid groups (broad SMARTS) is 1. The molecule has 20 heavy (non-hydrogen) atoms. The predicted octanol–water partition coefficient (Wildman–Crippen LogP) is 4.41. The van der Waals surface area contributed by atoms with Crippen LogP contribution in [0.3, 0.4) is 0 Å². The van der Waals surface area contributed by atoms with Crippen LogP contribution in [0.4, 0.5) is 0 Å². The summed E-state index contributed by atoms with van der Waals surface area (Å²) in [5, 5.41) is 10.1. The number of hydrogen-bond acceptors (Lipinski definition) is 2. The van der Waals surface area contributed by atoms with Gasteiger partial charge in [0.2, 0.25) is 0 Å². The summed E-state index contributed by atoms with van der Waals surface area (Å²) in [7, 11) is 0. The monoisotopic (exact) mass is 266 g/mol. The fraction of sp³-hybridized carbons (Fsp3) is 0.118. The molecule has 0 saturated heterocycles. The minimum Gasteiger partial charge on any atom is -0.478 e. The molecule has 0 aliphatic carbocycles. The molecule has 1 N–H and O–H groups in total. The number of carbonyl (C=O) groups is 1. The van der Waals surface area contributed by atoms with Crippen LogP contribution in [0, 0.1) is 13.8 Å². The Hall–Kier alpha value is -2.55. The van der Waals surface area contributed by atoms with Gasteiger partial charge in [-0.2, -0.15) is 0 Å². The van der Waals surface area contributed by atoms with E-state index in [4.69, 9.17) is 9.52 Å². The van der Waals surface area contributed by atoms with Gasteiger partial charge in [-0.1, -0.05) is 24.3 Å². The summed E-state index contributed by atoms with van der Waals surface area (Å²) in [6.07, 6.45) is 0. The number of carboxylic acids is 1. The number of para-hydroxylation sites is 1. The van der Waals surface area contributed by atoms with Gasteiger partial charge in [-0.3, -0.25) is 0 Å². The van der Waals surface area contributed by atoms with E-state index in [2.05, 4.69) is 0 Å². The van der Waals surface area contributed by atoms with Crippen molar-refractivity contribution >= 4 is 16.9 Å². The smallest absolute Gasteiger partial charge is 0.335 e. The highest BCUT2D eigenvalue weighted by Gasteiger charge is 2.12. The van der Waals surface area contributed by atoms with Crippen molar-refractivity contribution in [3.63, 3.8) is 0 Å². The summed E-state index contributed by atoms with van der Waals surface area (Å²) >= 11 is 0. The zero-order valence-electron chi connectivity index (χ0n) is 11.3. The number of benzene rings is 2. The van der Waals surface area contributed by atoms with Gasteiger partial charge in [0.25, 0.3) is 0 Å². The van der Waals surface area contributed by atoms with Gasteiger partial charge >= 0.3 is 5.97 Å². The summed E-state index contributed by atoms with van der Waals surface area (Å²) in [5.74, 6) is -0.228. The minimum absolute atomic E-state index is 0.266. The van der Waals surface area contributed by atoms with Crippen molar-refractivity contribution in [2.75, 3.05) is 0 Å². The molecule has 3 aromatic rings. The van der Waals surface area contributed by atoms with E-state index >= 15 is 0 Å². The molecule has 3 rings (SSSR count). The lowest BCUT2D eigenvalue weighted by atomic mass is 10.0. The van der Waals surface area contributed by atoms with Crippen LogP contribution >= 0.6 is 0 Å². The van der Waals surface area contributed by atoms with Crippen LogP contribution < -0.4 is 0 Å². The topological polar surface area (TPSA) is 50.4 Å². The van der Waals surface area contributed by atoms with E-state index in [0.29, 0.717) is 5.76 Å².